The molecule has 2 saturated heterocycles. The Kier molecular flexibility index (Phi) is 7.22. The maximum absolute atomic E-state index is 13.9. The molecule has 0 amide bonds. The van der Waals surface area contributed by atoms with Gasteiger partial charge in [0.1, 0.15) is 11.3 Å². The van der Waals surface area contributed by atoms with E-state index in [0.717, 1.165) is 50.5 Å². The molecular formula is C33H38N4O7. The molecule has 0 spiro atoms. The number of phenols is 1. The highest BCUT2D eigenvalue weighted by atomic mass is 16.7. The summed E-state index contributed by atoms with van der Waals surface area (Å²) in [6.07, 6.45) is 6.07. The van der Waals surface area contributed by atoms with E-state index < -0.39 is 29.4 Å². The van der Waals surface area contributed by atoms with Crippen LogP contribution in [0.15, 0.2) is 29.1 Å². The van der Waals surface area contributed by atoms with E-state index in [1.54, 1.807) is 13.0 Å². The molecule has 4 aliphatic heterocycles. The third-order valence-corrected chi connectivity index (χ3v) is 9.82. The van der Waals surface area contributed by atoms with Gasteiger partial charge in [-0.3, -0.25) is 19.4 Å². The predicted molar refractivity (Wildman–Crippen MR) is 160 cm³/mol. The predicted octanol–water partition coefficient (Wildman–Crippen LogP) is 3.64. The van der Waals surface area contributed by atoms with Crippen LogP contribution in [0.3, 0.4) is 0 Å². The van der Waals surface area contributed by atoms with Crippen LogP contribution in [0.4, 0.5) is 0 Å². The first-order chi connectivity index (χ1) is 21.2. The Hall–Kier alpha value is -3.80. The number of likely N-dealkylation sites (tertiary alicyclic amines) is 2. The SMILES string of the molecule is CC[C@@]1(O)C(=O)OC(OC(C)=O)c2c1cc1n(c2=O)Cc2cc3c(O)c(CN4CCCC[C@H]4N4CCCCC4)ccc3nc2-1. The van der Waals surface area contributed by atoms with Crippen LogP contribution in [0.5, 0.6) is 5.75 Å². The second-order valence-corrected chi connectivity index (χ2v) is 12.5. The quantitative estimate of drug-likeness (QED) is 0.326. The Labute approximate surface area is 255 Å². The third-order valence-electron chi connectivity index (χ3n) is 9.82. The number of aromatic nitrogens is 2. The molecule has 3 atom stereocenters. The zero-order valence-electron chi connectivity index (χ0n) is 25.2. The monoisotopic (exact) mass is 602 g/mol. The molecule has 7 rings (SSSR count). The van der Waals surface area contributed by atoms with Crippen molar-refractivity contribution in [1.29, 1.82) is 0 Å². The summed E-state index contributed by atoms with van der Waals surface area (Å²) in [7, 11) is 0. The second-order valence-electron chi connectivity index (χ2n) is 12.5. The number of carbonyl (C=O) groups is 2. The Morgan fingerprint density at radius 1 is 1.11 bits per heavy atom. The summed E-state index contributed by atoms with van der Waals surface area (Å²) >= 11 is 0. The summed E-state index contributed by atoms with van der Waals surface area (Å²) in [4.78, 5) is 48.4. The minimum atomic E-state index is -2.08. The van der Waals surface area contributed by atoms with Crippen molar-refractivity contribution < 1.29 is 29.3 Å². The number of piperidine rings is 2. The molecule has 3 aromatic rings. The number of nitrogens with zero attached hydrogens (tertiary/aromatic N) is 4. The van der Waals surface area contributed by atoms with E-state index in [9.17, 15) is 24.6 Å². The van der Waals surface area contributed by atoms with Crippen LogP contribution in [0.2, 0.25) is 0 Å². The first-order valence-electron chi connectivity index (χ1n) is 15.7. The molecule has 232 valence electrons. The van der Waals surface area contributed by atoms with Gasteiger partial charge < -0.3 is 24.3 Å². The highest BCUT2D eigenvalue weighted by Crippen LogP contribution is 2.43. The number of carbonyl (C=O) groups excluding carboxylic acids is 2. The number of esters is 2. The molecule has 44 heavy (non-hydrogen) atoms. The van der Waals surface area contributed by atoms with Crippen LogP contribution < -0.4 is 5.56 Å². The van der Waals surface area contributed by atoms with Gasteiger partial charge in [-0.15, -0.1) is 0 Å². The number of aliphatic hydroxyl groups is 1. The van der Waals surface area contributed by atoms with Gasteiger partial charge >= 0.3 is 11.9 Å². The van der Waals surface area contributed by atoms with E-state index in [1.165, 1.54) is 30.3 Å². The van der Waals surface area contributed by atoms with Crippen molar-refractivity contribution in [2.24, 2.45) is 0 Å². The average molecular weight is 603 g/mol. The fourth-order valence-electron chi connectivity index (χ4n) is 7.48. The van der Waals surface area contributed by atoms with E-state index in [2.05, 4.69) is 9.80 Å². The zero-order chi connectivity index (χ0) is 30.7. The van der Waals surface area contributed by atoms with Crippen molar-refractivity contribution in [3.8, 4) is 17.1 Å². The van der Waals surface area contributed by atoms with Gasteiger partial charge in [0.15, 0.2) is 5.60 Å². The highest BCUT2D eigenvalue weighted by molar-refractivity contribution is 5.90. The van der Waals surface area contributed by atoms with Crippen molar-refractivity contribution in [2.45, 2.75) is 89.9 Å². The molecule has 11 heteroatoms. The molecule has 11 nitrogen and oxygen atoms in total. The van der Waals surface area contributed by atoms with Crippen LogP contribution >= 0.6 is 0 Å². The highest BCUT2D eigenvalue weighted by Gasteiger charge is 2.50. The minimum absolute atomic E-state index is 0.0428. The van der Waals surface area contributed by atoms with Crippen molar-refractivity contribution in [2.75, 3.05) is 19.6 Å². The zero-order valence-corrected chi connectivity index (χ0v) is 25.2. The number of aromatic hydroxyl groups is 1. The van der Waals surface area contributed by atoms with Crippen molar-refractivity contribution in [3.63, 3.8) is 0 Å². The molecule has 2 aromatic heterocycles. The number of hydrogen-bond acceptors (Lipinski definition) is 10. The van der Waals surface area contributed by atoms with Crippen molar-refractivity contribution in [1.82, 2.24) is 19.4 Å². The van der Waals surface area contributed by atoms with E-state index in [1.807, 2.05) is 18.2 Å². The fourth-order valence-corrected chi connectivity index (χ4v) is 7.48. The van der Waals surface area contributed by atoms with Gasteiger partial charge in [-0.1, -0.05) is 19.4 Å². The molecule has 0 bridgehead atoms. The fraction of sp³-hybridized carbons (Fsp3) is 0.515. The molecule has 0 radical (unpaired) electrons. The van der Waals surface area contributed by atoms with Gasteiger partial charge in [-0.05, 0) is 76.4 Å². The van der Waals surface area contributed by atoms with Crippen LogP contribution in [0, 0.1) is 0 Å². The molecule has 4 aliphatic rings. The standard InChI is InChI=1S/C33H38N4O7/c1-3-33(42)23-16-25-28-21(18-37(25)30(40)27(23)31(43-19(2)38)44-32(33)41)15-22-24(34-28)11-10-20(29(22)39)17-36-14-8-5-9-26(36)35-12-6-4-7-13-35/h10-11,15-16,26,31,39,42H,3-9,12-14,17-18H2,1-2H3/t26-,31?,33-/m0/s1. The molecule has 1 aromatic carbocycles. The molecule has 0 aliphatic carbocycles. The van der Waals surface area contributed by atoms with Gasteiger partial charge in [0.25, 0.3) is 11.8 Å². The number of cyclic esters (lactones) is 1. The van der Waals surface area contributed by atoms with Crippen molar-refractivity contribution in [3.05, 3.63) is 56.9 Å². The van der Waals surface area contributed by atoms with Crippen LogP contribution in [0.25, 0.3) is 22.3 Å². The molecule has 0 saturated carbocycles. The molecular weight excluding hydrogens is 564 g/mol. The lowest BCUT2D eigenvalue weighted by molar-refractivity contribution is -0.210. The molecule has 1 unspecified atom stereocenters. The van der Waals surface area contributed by atoms with Gasteiger partial charge in [0, 0.05) is 35.5 Å². The Morgan fingerprint density at radius 2 is 1.89 bits per heavy atom. The Bertz CT molecular complexity index is 1730. The van der Waals surface area contributed by atoms with Crippen LogP contribution in [-0.4, -0.2) is 67.3 Å². The molecule has 2 fully saturated rings. The number of fused-ring (bicyclic) bond motifs is 5. The largest absolute Gasteiger partial charge is 0.507 e. The first kappa shape index (κ1) is 28.9. The third kappa shape index (κ3) is 4.60. The van der Waals surface area contributed by atoms with E-state index >= 15 is 0 Å². The number of rotatable bonds is 5. The summed E-state index contributed by atoms with van der Waals surface area (Å²) < 4.78 is 11.9. The number of pyridine rings is 2. The van der Waals surface area contributed by atoms with Crippen molar-refractivity contribution >= 4 is 22.8 Å². The summed E-state index contributed by atoms with van der Waals surface area (Å²) in [5, 5.41) is 23.4. The van der Waals surface area contributed by atoms with Crippen LogP contribution in [-0.2, 0) is 37.8 Å². The molecule has 6 heterocycles. The number of phenolic OH excluding ortho intramolecular Hbond substituents is 1. The summed E-state index contributed by atoms with van der Waals surface area (Å²) in [6.45, 7) is 6.83. The Balaban J connectivity index is 1.26. The summed E-state index contributed by atoms with van der Waals surface area (Å²) in [5.74, 6) is -1.52. The van der Waals surface area contributed by atoms with Gasteiger partial charge in [-0.25, -0.2) is 9.78 Å². The topological polar surface area (TPSA) is 134 Å². The maximum Gasteiger partial charge on any atom is 0.346 e. The minimum Gasteiger partial charge on any atom is -0.507 e. The lowest BCUT2D eigenvalue weighted by atomic mass is 9.85. The number of hydrogen-bond donors (Lipinski definition) is 2. The van der Waals surface area contributed by atoms with Gasteiger partial charge in [0.05, 0.1) is 29.6 Å². The van der Waals surface area contributed by atoms with E-state index in [0.29, 0.717) is 35.0 Å². The number of benzene rings is 1. The lowest BCUT2D eigenvalue weighted by Gasteiger charge is -2.44. The maximum atomic E-state index is 13.9. The van der Waals surface area contributed by atoms with E-state index in [-0.39, 0.29) is 29.8 Å². The normalized spacial score (nSPS) is 25.3. The second kappa shape index (κ2) is 11.0. The summed E-state index contributed by atoms with van der Waals surface area (Å²) in [5.41, 5.74) is 0.485. The smallest absolute Gasteiger partial charge is 0.346 e. The van der Waals surface area contributed by atoms with E-state index in [4.69, 9.17) is 14.5 Å². The average Bonchev–Trinajstić information content (AvgIpc) is 3.38. The summed E-state index contributed by atoms with van der Waals surface area (Å²) in [6, 6.07) is 7.29. The van der Waals surface area contributed by atoms with Crippen LogP contribution in [0.1, 0.15) is 87.3 Å². The van der Waals surface area contributed by atoms with Gasteiger partial charge in [-0.2, -0.15) is 0 Å². The number of ether oxygens (including phenoxy) is 2. The van der Waals surface area contributed by atoms with Gasteiger partial charge in [0.2, 0.25) is 0 Å². The first-order valence-corrected chi connectivity index (χ1v) is 15.7. The Morgan fingerprint density at radius 3 is 2.64 bits per heavy atom. The molecule has 2 N–H and O–H groups in total. The lowest BCUT2D eigenvalue weighted by Crippen LogP contribution is -2.52.